The maximum Gasteiger partial charge on any atom is 0.352 e. The zero-order valence-electron chi connectivity index (χ0n) is 10.6. The average Bonchev–Trinajstić information content (AvgIpc) is 2.41. The van der Waals surface area contributed by atoms with Crippen LogP contribution in [0.4, 0.5) is 20.4 Å². The Bertz CT molecular complexity index is 710. The van der Waals surface area contributed by atoms with Crippen LogP contribution in [-0.4, -0.2) is 14.9 Å². The van der Waals surface area contributed by atoms with E-state index >= 15 is 0 Å². The molecule has 2 rings (SSSR count). The van der Waals surface area contributed by atoms with Crippen molar-refractivity contribution in [3.63, 3.8) is 0 Å². The first-order valence-electron chi connectivity index (χ1n) is 5.55. The third-order valence-corrected chi connectivity index (χ3v) is 2.44. The summed E-state index contributed by atoms with van der Waals surface area (Å²) in [6.07, 6.45) is 0. The van der Waals surface area contributed by atoms with Crippen LogP contribution in [0.25, 0.3) is 0 Å². The minimum Gasteiger partial charge on any atom is -0.430 e. The Morgan fingerprint density at radius 3 is 2.71 bits per heavy atom. The number of nitrogen functional groups attached to an aromatic ring is 1. The number of nitrogens with one attached hydrogen (secondary N) is 1. The maximum absolute atomic E-state index is 13.5. The van der Waals surface area contributed by atoms with Crippen LogP contribution in [0.3, 0.4) is 0 Å². The first kappa shape index (κ1) is 14.5. The molecule has 2 aromatic rings. The molecule has 0 spiro atoms. The van der Waals surface area contributed by atoms with E-state index in [9.17, 15) is 18.9 Å². The lowest BCUT2D eigenvalue weighted by Crippen LogP contribution is -2.13. The van der Waals surface area contributed by atoms with Crippen LogP contribution in [0.5, 0.6) is 11.6 Å². The standard InChI is InChI=1S/C11H9F2N5O3/c1-5-9(18(19)20)10(16-11(15-5)17-14)21-8-4-6(12)2-3-7(8)13/h2-4H,14H2,1H3,(H,15,16,17). The molecule has 10 heteroatoms. The van der Waals surface area contributed by atoms with Crippen LogP contribution in [0.15, 0.2) is 18.2 Å². The van der Waals surface area contributed by atoms with Crippen molar-refractivity contribution in [1.29, 1.82) is 0 Å². The summed E-state index contributed by atoms with van der Waals surface area (Å²) in [7, 11) is 0. The van der Waals surface area contributed by atoms with Gasteiger partial charge in [0.1, 0.15) is 11.5 Å². The van der Waals surface area contributed by atoms with Crippen molar-refractivity contribution in [3.8, 4) is 11.6 Å². The van der Waals surface area contributed by atoms with Crippen molar-refractivity contribution >= 4 is 11.6 Å². The second kappa shape index (κ2) is 5.63. The van der Waals surface area contributed by atoms with Crippen molar-refractivity contribution < 1.29 is 18.4 Å². The Morgan fingerprint density at radius 2 is 2.10 bits per heavy atom. The highest BCUT2D eigenvalue weighted by Gasteiger charge is 2.25. The smallest absolute Gasteiger partial charge is 0.352 e. The number of hydrogen-bond donors (Lipinski definition) is 2. The van der Waals surface area contributed by atoms with Crippen molar-refractivity contribution in [2.45, 2.75) is 6.92 Å². The van der Waals surface area contributed by atoms with Crippen LogP contribution in [-0.2, 0) is 0 Å². The summed E-state index contributed by atoms with van der Waals surface area (Å²) < 4.78 is 31.6. The predicted molar refractivity (Wildman–Crippen MR) is 67.7 cm³/mol. The van der Waals surface area contributed by atoms with Gasteiger partial charge in [-0.3, -0.25) is 15.5 Å². The summed E-state index contributed by atoms with van der Waals surface area (Å²) in [6, 6.07) is 2.45. The minimum absolute atomic E-state index is 0.0465. The molecule has 1 aromatic carbocycles. The summed E-state index contributed by atoms with van der Waals surface area (Å²) in [5.41, 5.74) is 1.48. The second-order valence-corrected chi connectivity index (χ2v) is 3.86. The Kier molecular flexibility index (Phi) is 3.89. The van der Waals surface area contributed by atoms with Gasteiger partial charge in [-0.2, -0.15) is 4.98 Å². The van der Waals surface area contributed by atoms with Gasteiger partial charge in [0.2, 0.25) is 5.95 Å². The van der Waals surface area contributed by atoms with Crippen molar-refractivity contribution in [2.24, 2.45) is 5.84 Å². The van der Waals surface area contributed by atoms with Crippen LogP contribution in [0, 0.1) is 28.7 Å². The summed E-state index contributed by atoms with van der Waals surface area (Å²) in [4.78, 5) is 17.6. The van der Waals surface area contributed by atoms with E-state index in [1.54, 1.807) is 0 Å². The molecule has 0 aliphatic heterocycles. The van der Waals surface area contributed by atoms with Gasteiger partial charge >= 0.3 is 11.6 Å². The quantitative estimate of drug-likeness (QED) is 0.504. The molecule has 0 saturated heterocycles. The molecule has 0 saturated carbocycles. The summed E-state index contributed by atoms with van der Waals surface area (Å²) in [6.45, 7) is 1.33. The molecule has 0 aliphatic rings. The molecule has 0 aliphatic carbocycles. The second-order valence-electron chi connectivity index (χ2n) is 3.86. The van der Waals surface area contributed by atoms with Crippen LogP contribution in [0.2, 0.25) is 0 Å². The normalized spacial score (nSPS) is 10.3. The number of benzene rings is 1. The van der Waals surface area contributed by atoms with E-state index in [2.05, 4.69) is 15.4 Å². The Hall–Kier alpha value is -2.88. The van der Waals surface area contributed by atoms with E-state index in [1.165, 1.54) is 6.92 Å². The zero-order chi connectivity index (χ0) is 15.6. The lowest BCUT2D eigenvalue weighted by atomic mass is 10.3. The number of nitrogens with zero attached hydrogens (tertiary/aromatic N) is 3. The zero-order valence-corrected chi connectivity index (χ0v) is 10.6. The molecule has 0 unspecified atom stereocenters. The van der Waals surface area contributed by atoms with Gasteiger partial charge in [0.25, 0.3) is 0 Å². The van der Waals surface area contributed by atoms with Crippen molar-refractivity contribution in [1.82, 2.24) is 9.97 Å². The Balaban J connectivity index is 2.54. The number of halogens is 2. The molecule has 0 radical (unpaired) electrons. The average molecular weight is 297 g/mol. The van der Waals surface area contributed by atoms with Crippen LogP contribution >= 0.6 is 0 Å². The predicted octanol–water partition coefficient (Wildman–Crippen LogP) is 2.05. The molecule has 3 N–H and O–H groups in total. The van der Waals surface area contributed by atoms with Gasteiger partial charge in [0.15, 0.2) is 11.6 Å². The number of aromatic nitrogens is 2. The topological polar surface area (TPSA) is 116 Å². The molecule has 8 nitrogen and oxygen atoms in total. The number of rotatable bonds is 4. The maximum atomic E-state index is 13.5. The van der Waals surface area contributed by atoms with Crippen LogP contribution in [0.1, 0.15) is 5.69 Å². The first-order valence-corrected chi connectivity index (χ1v) is 5.55. The Labute approximate surface area is 116 Å². The third-order valence-electron chi connectivity index (χ3n) is 2.44. The fourth-order valence-electron chi connectivity index (χ4n) is 1.55. The fourth-order valence-corrected chi connectivity index (χ4v) is 1.55. The number of aryl methyl sites for hydroxylation is 1. The van der Waals surface area contributed by atoms with E-state index in [0.29, 0.717) is 0 Å². The number of ether oxygens (including phenoxy) is 1. The number of nitrogens with two attached hydrogens (primary N) is 1. The van der Waals surface area contributed by atoms with E-state index < -0.39 is 33.9 Å². The fraction of sp³-hybridized carbons (Fsp3) is 0.0909. The highest BCUT2D eigenvalue weighted by atomic mass is 19.1. The van der Waals surface area contributed by atoms with Gasteiger partial charge in [0, 0.05) is 6.07 Å². The minimum atomic E-state index is -0.899. The molecule has 0 bridgehead atoms. The number of hydrogen-bond acceptors (Lipinski definition) is 7. The van der Waals surface area contributed by atoms with Gasteiger partial charge < -0.3 is 4.74 Å². The van der Waals surface area contributed by atoms with E-state index in [-0.39, 0.29) is 11.6 Å². The lowest BCUT2D eigenvalue weighted by molar-refractivity contribution is -0.386. The van der Waals surface area contributed by atoms with Gasteiger partial charge in [-0.05, 0) is 19.1 Å². The van der Waals surface area contributed by atoms with E-state index in [0.717, 1.165) is 18.2 Å². The molecule has 1 aromatic heterocycles. The molecule has 1 heterocycles. The van der Waals surface area contributed by atoms with Crippen LogP contribution < -0.4 is 16.0 Å². The van der Waals surface area contributed by atoms with Gasteiger partial charge in [-0.15, -0.1) is 0 Å². The van der Waals surface area contributed by atoms with E-state index in [4.69, 9.17) is 10.6 Å². The molecule has 21 heavy (non-hydrogen) atoms. The summed E-state index contributed by atoms with van der Waals surface area (Å²) in [5, 5.41) is 11.0. The molecular weight excluding hydrogens is 288 g/mol. The lowest BCUT2D eigenvalue weighted by Gasteiger charge is -2.09. The molecule has 0 amide bonds. The summed E-state index contributed by atoms with van der Waals surface area (Å²) >= 11 is 0. The van der Waals surface area contributed by atoms with Crippen molar-refractivity contribution in [3.05, 3.63) is 45.6 Å². The van der Waals surface area contributed by atoms with Gasteiger partial charge in [0.05, 0.1) is 4.92 Å². The molecule has 0 fully saturated rings. The van der Waals surface area contributed by atoms with Gasteiger partial charge in [-0.1, -0.05) is 0 Å². The number of hydrazine groups is 1. The SMILES string of the molecule is Cc1nc(NN)nc(Oc2cc(F)ccc2F)c1[N+](=O)[O-]. The summed E-state index contributed by atoms with van der Waals surface area (Å²) in [5.74, 6) is 2.21. The number of anilines is 1. The molecule has 0 atom stereocenters. The highest BCUT2D eigenvalue weighted by molar-refractivity contribution is 5.50. The Morgan fingerprint density at radius 1 is 1.38 bits per heavy atom. The van der Waals surface area contributed by atoms with Crippen molar-refractivity contribution in [2.75, 3.05) is 5.43 Å². The first-order chi connectivity index (χ1) is 9.92. The van der Waals surface area contributed by atoms with Gasteiger partial charge in [-0.25, -0.2) is 19.6 Å². The monoisotopic (exact) mass is 297 g/mol. The molecular formula is C11H9F2N5O3. The highest BCUT2D eigenvalue weighted by Crippen LogP contribution is 2.33. The third kappa shape index (κ3) is 3.00. The largest absolute Gasteiger partial charge is 0.430 e. The number of nitro groups is 1. The van der Waals surface area contributed by atoms with E-state index in [1.807, 2.05) is 0 Å². The molecule has 110 valence electrons.